The highest BCUT2D eigenvalue weighted by Crippen LogP contribution is 2.23. The van der Waals surface area contributed by atoms with Gasteiger partial charge in [0, 0.05) is 39.0 Å². The van der Waals surface area contributed by atoms with Crippen LogP contribution in [0.4, 0.5) is 0 Å². The van der Waals surface area contributed by atoms with Gasteiger partial charge in [-0.2, -0.15) is 0 Å². The highest BCUT2D eigenvalue weighted by Gasteiger charge is 2.41. The highest BCUT2D eigenvalue weighted by atomic mass is 16.4. The fourth-order valence-electron chi connectivity index (χ4n) is 6.85. The summed E-state index contributed by atoms with van der Waals surface area (Å²) in [6.45, 7) is -0.699. The molecule has 8 amide bonds. The molecule has 0 unspecified atom stereocenters. The van der Waals surface area contributed by atoms with Gasteiger partial charge in [-0.05, 0) is 55.4 Å². The number of aliphatic carboxylic acids is 1. The minimum absolute atomic E-state index is 0.000863. The van der Waals surface area contributed by atoms with Crippen LogP contribution in [-0.4, -0.2) is 143 Å². The molecule has 20 nitrogen and oxygen atoms in total. The number of amides is 8. The van der Waals surface area contributed by atoms with E-state index in [1.807, 2.05) is 18.2 Å². The van der Waals surface area contributed by atoms with Crippen molar-refractivity contribution in [3.8, 4) is 5.75 Å². The largest absolute Gasteiger partial charge is 0.508 e. The van der Waals surface area contributed by atoms with E-state index in [9.17, 15) is 48.3 Å². The molecule has 20 heteroatoms. The SMILES string of the molecule is N[C@@H](Cc1ccc(O)cc1)C(=O)N1CCC[C@H]1C(=O)N[C@@H](Cc1ccccc1)C(=O)N1CCC[C@H]1C(=O)NCC(=O)NCCNC(=O)CNC(=O)CNC(=O)CCC(=O)O. The van der Waals surface area contributed by atoms with Crippen LogP contribution >= 0.6 is 0 Å². The third-order valence-electron chi connectivity index (χ3n) is 9.93. The number of nitrogens with zero attached hydrogens (tertiary/aromatic N) is 2. The quantitative estimate of drug-likeness (QED) is 0.0586. The van der Waals surface area contributed by atoms with E-state index in [1.54, 1.807) is 24.3 Å². The Balaban J connectivity index is 1.24. The second-order valence-electron chi connectivity index (χ2n) is 14.5. The van der Waals surface area contributed by atoms with E-state index < -0.39 is 97.0 Å². The summed E-state index contributed by atoms with van der Waals surface area (Å²) in [6.07, 6.45) is 1.42. The average molecular weight is 836 g/mol. The van der Waals surface area contributed by atoms with Crippen LogP contribution in [0.3, 0.4) is 0 Å². The lowest BCUT2D eigenvalue weighted by atomic mass is 10.0. The number of likely N-dealkylation sites (tertiary alicyclic amines) is 2. The van der Waals surface area contributed by atoms with Gasteiger partial charge in [-0.25, -0.2) is 0 Å². The third-order valence-corrected chi connectivity index (χ3v) is 9.93. The minimum Gasteiger partial charge on any atom is -0.508 e. The van der Waals surface area contributed by atoms with Crippen LogP contribution in [0.15, 0.2) is 54.6 Å². The number of carboxylic acid groups (broad SMARTS) is 1. The molecule has 2 saturated heterocycles. The molecule has 10 N–H and O–H groups in total. The number of rotatable bonds is 21. The second-order valence-corrected chi connectivity index (χ2v) is 14.5. The van der Waals surface area contributed by atoms with Gasteiger partial charge in [0.05, 0.1) is 32.1 Å². The maximum atomic E-state index is 14.2. The highest BCUT2D eigenvalue weighted by molar-refractivity contribution is 5.96. The van der Waals surface area contributed by atoms with Crippen molar-refractivity contribution in [2.24, 2.45) is 5.73 Å². The first-order valence-electron chi connectivity index (χ1n) is 19.8. The van der Waals surface area contributed by atoms with Gasteiger partial charge in [0.25, 0.3) is 0 Å². The average Bonchev–Trinajstić information content (AvgIpc) is 3.94. The molecule has 0 aliphatic carbocycles. The van der Waals surface area contributed by atoms with Crippen molar-refractivity contribution in [3.63, 3.8) is 0 Å². The standard InChI is InChI=1S/C40H53N9O11/c41-28(20-26-10-12-27(50)13-11-26)39(59)48-18-5-9-31(48)38(58)47-29(21-25-6-2-1-3-7-25)40(60)49-19-4-8-30(49)37(57)46-24-34(53)43-17-16-42-33(52)22-45-35(54)23-44-32(51)14-15-36(55)56/h1-3,6-7,10-13,28-31,50H,4-5,8-9,14-24,41H2,(H,42,52)(H,43,53)(H,44,51)(H,45,54)(H,46,57)(H,47,58)(H,55,56)/t28-,29-,30-,31-/m0/s1. The van der Waals surface area contributed by atoms with E-state index in [2.05, 4.69) is 31.9 Å². The lowest BCUT2D eigenvalue weighted by Gasteiger charge is -2.31. The summed E-state index contributed by atoms with van der Waals surface area (Å²) in [5.74, 6) is -5.45. The molecule has 2 heterocycles. The summed E-state index contributed by atoms with van der Waals surface area (Å²) in [7, 11) is 0. The number of carboxylic acids is 1. The van der Waals surface area contributed by atoms with Gasteiger partial charge in [0.2, 0.25) is 47.3 Å². The molecule has 4 atom stereocenters. The molecule has 2 aromatic rings. The predicted molar refractivity (Wildman–Crippen MR) is 213 cm³/mol. The maximum Gasteiger partial charge on any atom is 0.303 e. The van der Waals surface area contributed by atoms with E-state index in [4.69, 9.17) is 10.8 Å². The van der Waals surface area contributed by atoms with Gasteiger partial charge in [0.1, 0.15) is 23.9 Å². The van der Waals surface area contributed by atoms with Crippen LogP contribution in [-0.2, 0) is 56.0 Å². The number of carbonyl (C=O) groups excluding carboxylic acids is 8. The Bertz CT molecular complexity index is 1860. The number of aromatic hydroxyl groups is 1. The Labute approximate surface area is 346 Å². The van der Waals surface area contributed by atoms with Gasteiger partial charge < -0.3 is 57.6 Å². The van der Waals surface area contributed by atoms with Crippen molar-refractivity contribution in [1.82, 2.24) is 41.7 Å². The normalized spacial score (nSPS) is 16.8. The van der Waals surface area contributed by atoms with E-state index in [1.165, 1.54) is 21.9 Å². The first-order valence-corrected chi connectivity index (χ1v) is 19.8. The zero-order valence-electron chi connectivity index (χ0n) is 33.2. The molecule has 4 rings (SSSR count). The fraction of sp³-hybridized carbons (Fsp3) is 0.475. The van der Waals surface area contributed by atoms with Crippen LogP contribution in [0.1, 0.15) is 49.7 Å². The van der Waals surface area contributed by atoms with Crippen LogP contribution < -0.4 is 37.6 Å². The van der Waals surface area contributed by atoms with Gasteiger partial charge >= 0.3 is 5.97 Å². The van der Waals surface area contributed by atoms with E-state index in [-0.39, 0.29) is 51.1 Å². The molecule has 0 radical (unpaired) electrons. The summed E-state index contributed by atoms with van der Waals surface area (Å²) >= 11 is 0. The van der Waals surface area contributed by atoms with Crippen molar-refractivity contribution in [2.75, 3.05) is 45.8 Å². The fourth-order valence-corrected chi connectivity index (χ4v) is 6.85. The number of nitrogens with two attached hydrogens (primary N) is 1. The topological polar surface area (TPSA) is 299 Å². The molecule has 0 saturated carbocycles. The Hall–Kier alpha value is -6.57. The molecule has 2 aliphatic heterocycles. The summed E-state index contributed by atoms with van der Waals surface area (Å²) in [4.78, 5) is 116. The molecular formula is C40H53N9O11. The number of nitrogens with one attached hydrogen (secondary N) is 6. The first-order chi connectivity index (χ1) is 28.7. The van der Waals surface area contributed by atoms with E-state index in [0.717, 1.165) is 11.1 Å². The van der Waals surface area contributed by atoms with Crippen molar-refractivity contribution in [3.05, 3.63) is 65.7 Å². The third kappa shape index (κ3) is 14.7. The summed E-state index contributed by atoms with van der Waals surface area (Å²) in [6, 6.07) is 11.6. The van der Waals surface area contributed by atoms with Gasteiger partial charge in [-0.1, -0.05) is 42.5 Å². The molecule has 0 bridgehead atoms. The van der Waals surface area contributed by atoms with Crippen molar-refractivity contribution >= 4 is 53.2 Å². The van der Waals surface area contributed by atoms with Crippen molar-refractivity contribution in [2.45, 2.75) is 75.5 Å². The number of carbonyl (C=O) groups is 9. The summed E-state index contributed by atoms with van der Waals surface area (Å²) in [5.41, 5.74) is 7.79. The number of hydrogen-bond donors (Lipinski definition) is 9. The van der Waals surface area contributed by atoms with Crippen LogP contribution in [0, 0.1) is 0 Å². The number of benzene rings is 2. The lowest BCUT2D eigenvalue weighted by Crippen LogP contribution is -2.58. The van der Waals surface area contributed by atoms with Crippen LogP contribution in [0.2, 0.25) is 0 Å². The van der Waals surface area contributed by atoms with Gasteiger partial charge in [-0.3, -0.25) is 43.2 Å². The molecule has 0 aromatic heterocycles. The Kier molecular flexibility index (Phi) is 17.8. The molecule has 324 valence electrons. The summed E-state index contributed by atoms with van der Waals surface area (Å²) < 4.78 is 0. The Morgan fingerprint density at radius 2 is 1.13 bits per heavy atom. The second kappa shape index (κ2) is 23.1. The lowest BCUT2D eigenvalue weighted by molar-refractivity contribution is -0.143. The van der Waals surface area contributed by atoms with E-state index in [0.29, 0.717) is 32.2 Å². The van der Waals surface area contributed by atoms with Crippen LogP contribution in [0.25, 0.3) is 0 Å². The Morgan fingerprint density at radius 3 is 1.73 bits per heavy atom. The monoisotopic (exact) mass is 835 g/mol. The molecule has 0 spiro atoms. The molecule has 2 aromatic carbocycles. The van der Waals surface area contributed by atoms with E-state index >= 15 is 0 Å². The zero-order valence-corrected chi connectivity index (χ0v) is 33.2. The predicted octanol–water partition coefficient (Wildman–Crippen LogP) is -2.58. The van der Waals surface area contributed by atoms with Crippen LogP contribution in [0.5, 0.6) is 5.75 Å². The Morgan fingerprint density at radius 1 is 0.617 bits per heavy atom. The van der Waals surface area contributed by atoms with Crippen molar-refractivity contribution in [1.29, 1.82) is 0 Å². The van der Waals surface area contributed by atoms with Gasteiger partial charge in [0.15, 0.2) is 0 Å². The number of phenols is 1. The zero-order chi connectivity index (χ0) is 43.6. The number of hydrogen-bond acceptors (Lipinski definition) is 11. The smallest absolute Gasteiger partial charge is 0.303 e. The minimum atomic E-state index is -1.15. The van der Waals surface area contributed by atoms with Gasteiger partial charge in [-0.15, -0.1) is 0 Å². The summed E-state index contributed by atoms with van der Waals surface area (Å²) in [5, 5.41) is 33.2. The molecular weight excluding hydrogens is 782 g/mol. The molecule has 60 heavy (non-hydrogen) atoms. The van der Waals surface area contributed by atoms with Crippen molar-refractivity contribution < 1.29 is 53.4 Å². The first kappa shape index (κ1) is 46.1. The molecule has 2 fully saturated rings. The number of phenolic OH excluding ortho intramolecular Hbond substituents is 1. The molecule has 2 aliphatic rings. The maximum absolute atomic E-state index is 14.2.